The molecule has 0 fully saturated rings. The Balaban J connectivity index is 1.73. The van der Waals surface area contributed by atoms with Crippen molar-refractivity contribution in [3.8, 4) is 0 Å². The molecule has 1 aliphatic carbocycles. The third-order valence-electron chi connectivity index (χ3n) is 3.67. The van der Waals surface area contributed by atoms with Gasteiger partial charge in [-0.2, -0.15) is 0 Å². The smallest absolute Gasteiger partial charge is 0.123 e. The highest BCUT2D eigenvalue weighted by Gasteiger charge is 2.26. The van der Waals surface area contributed by atoms with Crippen molar-refractivity contribution >= 4 is 22.9 Å². The van der Waals surface area contributed by atoms with E-state index in [0.717, 1.165) is 22.7 Å². The predicted octanol–water partition coefficient (Wildman–Crippen LogP) is 4.88. The first kappa shape index (κ1) is 13.1. The van der Waals surface area contributed by atoms with E-state index in [1.54, 1.807) is 11.3 Å². The molecule has 0 saturated heterocycles. The van der Waals surface area contributed by atoms with Gasteiger partial charge in [-0.1, -0.05) is 23.7 Å². The lowest BCUT2D eigenvalue weighted by Crippen LogP contribution is -2.22. The van der Waals surface area contributed by atoms with Crippen LogP contribution in [0.1, 0.15) is 41.4 Å². The van der Waals surface area contributed by atoms with E-state index >= 15 is 0 Å². The summed E-state index contributed by atoms with van der Waals surface area (Å²) >= 11 is 7.74. The van der Waals surface area contributed by atoms with E-state index < -0.39 is 0 Å². The normalized spacial score (nSPS) is 19.4. The zero-order valence-electron chi connectivity index (χ0n) is 10.6. The number of aryl methyl sites for hydroxylation is 1. The molecule has 4 heteroatoms. The topological polar surface area (TPSA) is 12.0 Å². The summed E-state index contributed by atoms with van der Waals surface area (Å²) in [5, 5.41) is 3.61. The zero-order valence-corrected chi connectivity index (χ0v) is 12.2. The summed E-state index contributed by atoms with van der Waals surface area (Å²) in [6, 6.07) is 9.33. The first-order chi connectivity index (χ1) is 9.13. The highest BCUT2D eigenvalue weighted by molar-refractivity contribution is 7.16. The minimum Gasteiger partial charge on any atom is -0.303 e. The van der Waals surface area contributed by atoms with Crippen LogP contribution in [-0.2, 0) is 6.42 Å². The van der Waals surface area contributed by atoms with Crippen molar-refractivity contribution in [3.05, 3.63) is 56.5 Å². The molecule has 19 heavy (non-hydrogen) atoms. The lowest BCUT2D eigenvalue weighted by molar-refractivity contribution is 0.464. The Bertz CT molecular complexity index is 578. The molecule has 1 aliphatic rings. The van der Waals surface area contributed by atoms with E-state index in [9.17, 15) is 4.39 Å². The summed E-state index contributed by atoms with van der Waals surface area (Å²) in [5.74, 6) is -0.191. The molecular weight excluding hydrogens is 281 g/mol. The van der Waals surface area contributed by atoms with Crippen LogP contribution in [0.3, 0.4) is 0 Å². The van der Waals surface area contributed by atoms with Crippen LogP contribution in [0.5, 0.6) is 0 Å². The van der Waals surface area contributed by atoms with Gasteiger partial charge in [0.05, 0.1) is 4.34 Å². The van der Waals surface area contributed by atoms with Gasteiger partial charge in [-0.3, -0.25) is 0 Å². The molecule has 2 aromatic rings. The maximum absolute atomic E-state index is 12.9. The summed E-state index contributed by atoms with van der Waals surface area (Å²) in [6.45, 7) is 2.11. The Labute approximate surface area is 121 Å². The highest BCUT2D eigenvalue weighted by atomic mass is 35.5. The van der Waals surface area contributed by atoms with Gasteiger partial charge in [0.25, 0.3) is 0 Å². The van der Waals surface area contributed by atoms with Crippen LogP contribution in [0.2, 0.25) is 4.34 Å². The number of thiophene rings is 1. The first-order valence-electron chi connectivity index (χ1n) is 6.43. The fourth-order valence-electron chi connectivity index (χ4n) is 2.65. The number of hydrogen-bond acceptors (Lipinski definition) is 2. The second kappa shape index (κ2) is 5.23. The molecule has 1 aromatic carbocycles. The molecule has 1 unspecified atom stereocenters. The number of halogens is 2. The molecular formula is C15H15ClFNS. The van der Waals surface area contributed by atoms with Crippen LogP contribution in [0.25, 0.3) is 0 Å². The number of fused-ring (bicyclic) bond motifs is 1. The lowest BCUT2D eigenvalue weighted by atomic mass is 10.1. The second-order valence-electron chi connectivity index (χ2n) is 4.96. The number of nitrogens with one attached hydrogen (secondary N) is 1. The van der Waals surface area contributed by atoms with Gasteiger partial charge < -0.3 is 5.32 Å². The average Bonchev–Trinajstić information content (AvgIpc) is 2.91. The number of hydrogen-bond donors (Lipinski definition) is 1. The van der Waals surface area contributed by atoms with Gasteiger partial charge in [0.15, 0.2) is 0 Å². The fourth-order valence-corrected chi connectivity index (χ4v) is 4.01. The third-order valence-corrected chi connectivity index (χ3v) is 5.01. The van der Waals surface area contributed by atoms with Crippen molar-refractivity contribution in [1.82, 2.24) is 5.32 Å². The van der Waals surface area contributed by atoms with Crippen molar-refractivity contribution in [1.29, 1.82) is 0 Å². The maximum Gasteiger partial charge on any atom is 0.123 e. The van der Waals surface area contributed by atoms with Gasteiger partial charge in [0.2, 0.25) is 0 Å². The van der Waals surface area contributed by atoms with E-state index in [4.69, 9.17) is 11.6 Å². The predicted molar refractivity (Wildman–Crippen MR) is 78.3 cm³/mol. The molecule has 100 valence electrons. The molecule has 2 atom stereocenters. The minimum atomic E-state index is -0.191. The second-order valence-corrected chi connectivity index (χ2v) is 6.73. The molecule has 1 nitrogen and oxygen atoms in total. The quantitative estimate of drug-likeness (QED) is 0.851. The monoisotopic (exact) mass is 295 g/mol. The Morgan fingerprint density at radius 2 is 2.11 bits per heavy atom. The molecule has 0 bridgehead atoms. The summed E-state index contributed by atoms with van der Waals surface area (Å²) < 4.78 is 13.8. The van der Waals surface area contributed by atoms with Crippen molar-refractivity contribution in [2.75, 3.05) is 0 Å². The maximum atomic E-state index is 12.9. The van der Waals surface area contributed by atoms with E-state index in [2.05, 4.69) is 18.3 Å². The molecule has 0 spiro atoms. The molecule has 0 amide bonds. The van der Waals surface area contributed by atoms with Crippen molar-refractivity contribution in [2.45, 2.75) is 31.8 Å². The van der Waals surface area contributed by atoms with Crippen LogP contribution >= 0.6 is 22.9 Å². The van der Waals surface area contributed by atoms with Gasteiger partial charge in [-0.05, 0) is 49.1 Å². The van der Waals surface area contributed by atoms with E-state index in [0.29, 0.717) is 6.04 Å². The molecule has 0 saturated carbocycles. The zero-order chi connectivity index (χ0) is 13.4. The SMILES string of the molecule is C[C@H](NC1CCc2sc(Cl)cc21)c1ccc(F)cc1. The Kier molecular flexibility index (Phi) is 3.61. The number of rotatable bonds is 3. The van der Waals surface area contributed by atoms with Gasteiger partial charge in [-0.15, -0.1) is 11.3 Å². The largest absolute Gasteiger partial charge is 0.303 e. The Hall–Kier alpha value is -0.900. The summed E-state index contributed by atoms with van der Waals surface area (Å²) in [7, 11) is 0. The van der Waals surface area contributed by atoms with Crippen LogP contribution in [0.4, 0.5) is 4.39 Å². The fraction of sp³-hybridized carbons (Fsp3) is 0.333. The van der Waals surface area contributed by atoms with Crippen LogP contribution in [0, 0.1) is 5.82 Å². The van der Waals surface area contributed by atoms with Crippen molar-refractivity contribution < 1.29 is 4.39 Å². The molecule has 3 rings (SSSR count). The molecule has 1 N–H and O–H groups in total. The van der Waals surface area contributed by atoms with E-state index in [1.807, 2.05) is 12.1 Å². The Morgan fingerprint density at radius 1 is 1.37 bits per heavy atom. The van der Waals surface area contributed by atoms with Crippen LogP contribution < -0.4 is 5.32 Å². The van der Waals surface area contributed by atoms with Gasteiger partial charge in [-0.25, -0.2) is 4.39 Å². The van der Waals surface area contributed by atoms with Crippen LogP contribution in [0.15, 0.2) is 30.3 Å². The Morgan fingerprint density at radius 3 is 2.84 bits per heavy atom. The standard InChI is InChI=1S/C15H15ClFNS/c1-9(10-2-4-11(17)5-3-10)18-13-6-7-14-12(13)8-15(16)19-14/h2-5,8-9,13,18H,6-7H2,1H3/t9-,13?/m0/s1. The summed E-state index contributed by atoms with van der Waals surface area (Å²) in [6.07, 6.45) is 2.21. The van der Waals surface area contributed by atoms with E-state index in [-0.39, 0.29) is 11.9 Å². The molecule has 1 aromatic heterocycles. The third kappa shape index (κ3) is 2.69. The molecule has 0 aliphatic heterocycles. The van der Waals surface area contributed by atoms with Crippen molar-refractivity contribution in [3.63, 3.8) is 0 Å². The average molecular weight is 296 g/mol. The molecule has 0 radical (unpaired) electrons. The lowest BCUT2D eigenvalue weighted by Gasteiger charge is -2.20. The number of benzene rings is 1. The van der Waals surface area contributed by atoms with Crippen molar-refractivity contribution in [2.24, 2.45) is 0 Å². The van der Waals surface area contributed by atoms with Gasteiger partial charge in [0.1, 0.15) is 5.82 Å². The first-order valence-corrected chi connectivity index (χ1v) is 7.62. The van der Waals surface area contributed by atoms with Crippen LogP contribution in [-0.4, -0.2) is 0 Å². The molecule has 1 heterocycles. The summed E-state index contributed by atoms with van der Waals surface area (Å²) in [4.78, 5) is 1.40. The van der Waals surface area contributed by atoms with E-state index in [1.165, 1.54) is 22.6 Å². The van der Waals surface area contributed by atoms with Gasteiger partial charge in [0, 0.05) is 17.0 Å². The minimum absolute atomic E-state index is 0.191. The van der Waals surface area contributed by atoms with Gasteiger partial charge >= 0.3 is 0 Å². The highest BCUT2D eigenvalue weighted by Crippen LogP contribution is 2.40. The summed E-state index contributed by atoms with van der Waals surface area (Å²) in [5.41, 5.74) is 2.44.